The van der Waals surface area contributed by atoms with Gasteiger partial charge < -0.3 is 28.0 Å². The second-order valence-electron chi connectivity index (χ2n) is 5.73. The van der Waals surface area contributed by atoms with Crippen molar-refractivity contribution < 1.29 is 131 Å². The molecule has 0 fully saturated rings. The fourth-order valence-corrected chi connectivity index (χ4v) is 2.70. The van der Waals surface area contributed by atoms with E-state index < -0.39 is 16.5 Å². The topological polar surface area (TPSA) is 98.7 Å². The van der Waals surface area contributed by atoms with Crippen LogP contribution in [0, 0.1) is 0 Å². The molecule has 0 aliphatic heterocycles. The quantitative estimate of drug-likeness (QED) is 0.152. The van der Waals surface area contributed by atoms with Crippen molar-refractivity contribution in [3.8, 4) is 0 Å². The van der Waals surface area contributed by atoms with Crippen LogP contribution in [-0.4, -0.2) is 13.2 Å². The van der Waals surface area contributed by atoms with Crippen LogP contribution in [0.5, 0.6) is 0 Å². The van der Waals surface area contributed by atoms with Gasteiger partial charge in [0.2, 0.25) is 0 Å². The Hall–Kier alpha value is 3.57. The van der Waals surface area contributed by atoms with Crippen LogP contribution in [-0.2, 0) is 18.2 Å². The van der Waals surface area contributed by atoms with Gasteiger partial charge in [-0.1, -0.05) is 78.1 Å². The molecule has 0 N–H and O–H groups in total. The number of hydrogen-bond donors (Lipinski definition) is 0. The maximum absolute atomic E-state index is 9.99. The Bertz CT molecular complexity index is 272. The molecule has 0 aliphatic rings. The smallest absolute Gasteiger partial charge is 0.781 e. The molecule has 10 heteroatoms. The zero-order valence-corrected chi connectivity index (χ0v) is 25.6. The second-order valence-corrected chi connectivity index (χ2v) is 7.31. The van der Waals surface area contributed by atoms with E-state index in [1.54, 1.807) is 0 Å². The molecule has 0 aromatic carbocycles. The normalized spacial score (nSPS) is 12.2. The average Bonchev–Trinajstić information content (AvgIpc) is 2.53. The minimum Gasteiger partial charge on any atom is -0.781 e. The van der Waals surface area contributed by atoms with Crippen LogP contribution in [0.4, 0.5) is 0 Å². The monoisotopic (exact) mass is 464 g/mol. The molecule has 0 aliphatic carbocycles. The molecule has 148 valence electrons. The summed E-state index contributed by atoms with van der Waals surface area (Å²) < 4.78 is 28.9. The number of hydrogen-bond acceptors (Lipinski definition) is 6. The predicted octanol–water partition coefficient (Wildman–Crippen LogP) is -1.76. The average molecular weight is 465 g/mol. The Balaban J connectivity index is -0.000000173. The Morgan fingerprint density at radius 3 is 1.12 bits per heavy atom. The summed E-state index contributed by atoms with van der Waals surface area (Å²) in [6.45, 7) is 5.08. The zero-order valence-electron chi connectivity index (χ0n) is 17.3. The summed E-state index contributed by atoms with van der Waals surface area (Å²) in [7, 11) is -5.86. The fraction of sp³-hybridized carbons (Fsp3) is 1.00. The van der Waals surface area contributed by atoms with E-state index in [-0.39, 0.29) is 103 Å². The van der Waals surface area contributed by atoms with Gasteiger partial charge >= 0.3 is 103 Å². The molecule has 0 spiro atoms. The minimum absolute atomic E-state index is 0. The standard InChI is InChI=1S/2C8H19O3P.2K/c2*1-2-3-4-5-6-7-8-11-12(9)10;;/h2*12H,2-8H2,1H3,(H,9,10);;/q;;2*+1/p-2. The van der Waals surface area contributed by atoms with Crippen LogP contribution in [0.1, 0.15) is 90.9 Å². The maximum atomic E-state index is 9.99. The molecule has 6 nitrogen and oxygen atoms in total. The van der Waals surface area contributed by atoms with Crippen LogP contribution >= 0.6 is 16.5 Å². The molecule has 0 heterocycles. The molecular formula is C16H36K2O6P2. The van der Waals surface area contributed by atoms with Gasteiger partial charge in [0.25, 0.3) is 0 Å². The van der Waals surface area contributed by atoms with E-state index in [9.17, 15) is 18.9 Å². The van der Waals surface area contributed by atoms with Gasteiger partial charge in [-0.05, 0) is 12.8 Å². The van der Waals surface area contributed by atoms with Crippen molar-refractivity contribution in [3.05, 3.63) is 0 Å². The maximum Gasteiger partial charge on any atom is 1.00 e. The molecule has 26 heavy (non-hydrogen) atoms. The summed E-state index contributed by atoms with van der Waals surface area (Å²) in [5, 5.41) is 0. The molecule has 0 radical (unpaired) electrons. The van der Waals surface area contributed by atoms with Crippen LogP contribution in [0.25, 0.3) is 0 Å². The SMILES string of the molecule is CCCCCCCCO[PH](=O)[O-].CCCCCCCCO[PH](=O)[O-].[K+].[K+]. The first-order valence-electron chi connectivity index (χ1n) is 9.22. The second kappa shape index (κ2) is 33.2. The van der Waals surface area contributed by atoms with E-state index in [1.165, 1.54) is 51.4 Å². The van der Waals surface area contributed by atoms with Crippen molar-refractivity contribution in [1.82, 2.24) is 0 Å². The summed E-state index contributed by atoms with van der Waals surface area (Å²) in [5.41, 5.74) is 0. The van der Waals surface area contributed by atoms with E-state index in [0.717, 1.165) is 25.7 Å². The van der Waals surface area contributed by atoms with Crippen molar-refractivity contribution in [2.45, 2.75) is 90.9 Å². The number of rotatable bonds is 16. The molecular weight excluding hydrogens is 428 g/mol. The van der Waals surface area contributed by atoms with Gasteiger partial charge in [-0.3, -0.25) is 0 Å². The van der Waals surface area contributed by atoms with Crippen molar-refractivity contribution in [2.24, 2.45) is 0 Å². The van der Waals surface area contributed by atoms with Crippen LogP contribution in [0.2, 0.25) is 0 Å². The summed E-state index contributed by atoms with van der Waals surface area (Å²) in [6, 6.07) is 0. The first-order chi connectivity index (χ1) is 11.5. The van der Waals surface area contributed by atoms with Gasteiger partial charge in [0.15, 0.2) is 0 Å². The molecule has 0 aromatic heterocycles. The van der Waals surface area contributed by atoms with Crippen molar-refractivity contribution in [2.75, 3.05) is 13.2 Å². The van der Waals surface area contributed by atoms with Gasteiger partial charge in [0.05, 0.1) is 13.2 Å². The molecule has 2 atom stereocenters. The third-order valence-electron chi connectivity index (χ3n) is 3.44. The summed E-state index contributed by atoms with van der Waals surface area (Å²) in [4.78, 5) is 20.0. The Labute approximate surface area is 247 Å². The van der Waals surface area contributed by atoms with Gasteiger partial charge in [-0.25, -0.2) is 0 Å². The molecule has 0 amide bonds. The van der Waals surface area contributed by atoms with Gasteiger partial charge in [-0.15, -0.1) is 0 Å². The fourth-order valence-electron chi connectivity index (χ4n) is 2.08. The molecule has 0 rings (SSSR count). The van der Waals surface area contributed by atoms with E-state index in [0.29, 0.717) is 13.2 Å². The predicted molar refractivity (Wildman–Crippen MR) is 96.7 cm³/mol. The largest absolute Gasteiger partial charge is 1.00 e. The molecule has 2 unspecified atom stereocenters. The molecule has 0 saturated heterocycles. The first kappa shape index (κ1) is 36.9. The van der Waals surface area contributed by atoms with E-state index in [1.807, 2.05) is 0 Å². The zero-order chi connectivity index (χ0) is 18.5. The Morgan fingerprint density at radius 1 is 0.577 bits per heavy atom. The summed E-state index contributed by atoms with van der Waals surface area (Å²) in [5.74, 6) is 0. The van der Waals surface area contributed by atoms with E-state index >= 15 is 0 Å². The van der Waals surface area contributed by atoms with Crippen molar-refractivity contribution in [3.63, 3.8) is 0 Å². The summed E-state index contributed by atoms with van der Waals surface area (Å²) >= 11 is 0. The molecule has 0 bridgehead atoms. The minimum atomic E-state index is -2.93. The van der Waals surface area contributed by atoms with Gasteiger partial charge in [-0.2, -0.15) is 0 Å². The summed E-state index contributed by atoms with van der Waals surface area (Å²) in [6.07, 6.45) is 13.8. The Kier molecular flexibility index (Phi) is 47.2. The van der Waals surface area contributed by atoms with Crippen LogP contribution < -0.4 is 113 Å². The van der Waals surface area contributed by atoms with Crippen molar-refractivity contribution >= 4 is 16.5 Å². The number of unbranched alkanes of at least 4 members (excludes halogenated alkanes) is 10. The first-order valence-corrected chi connectivity index (χ1v) is 11.7. The van der Waals surface area contributed by atoms with Crippen LogP contribution in [0.15, 0.2) is 0 Å². The Morgan fingerprint density at radius 2 is 0.846 bits per heavy atom. The van der Waals surface area contributed by atoms with Crippen molar-refractivity contribution in [1.29, 1.82) is 0 Å². The van der Waals surface area contributed by atoms with Crippen LogP contribution in [0.3, 0.4) is 0 Å². The van der Waals surface area contributed by atoms with E-state index in [2.05, 4.69) is 22.9 Å². The third-order valence-corrected chi connectivity index (χ3v) is 4.32. The van der Waals surface area contributed by atoms with E-state index in [4.69, 9.17) is 0 Å². The third kappa shape index (κ3) is 41.8. The molecule has 0 aromatic rings. The molecule has 0 saturated carbocycles. The van der Waals surface area contributed by atoms with Gasteiger partial charge in [0.1, 0.15) is 16.5 Å². The van der Waals surface area contributed by atoms with Gasteiger partial charge in [0, 0.05) is 0 Å².